The summed E-state index contributed by atoms with van der Waals surface area (Å²) >= 11 is 0. The maximum absolute atomic E-state index is 5.63. The van der Waals surface area contributed by atoms with Crippen molar-refractivity contribution in [2.45, 2.75) is 19.4 Å². The molecule has 5 heteroatoms. The van der Waals surface area contributed by atoms with Crippen molar-refractivity contribution in [2.24, 2.45) is 5.84 Å². The first kappa shape index (κ1) is 13.5. The largest absolute Gasteiger partial charge is 0.492 e. The summed E-state index contributed by atoms with van der Waals surface area (Å²) in [5.41, 5.74) is 4.76. The van der Waals surface area contributed by atoms with Gasteiger partial charge in [-0.15, -0.1) is 0 Å². The summed E-state index contributed by atoms with van der Waals surface area (Å²) in [5.74, 6) is 6.38. The first-order valence-corrected chi connectivity index (χ1v) is 6.27. The third-order valence-corrected chi connectivity index (χ3v) is 2.79. The topological polar surface area (TPSA) is 73.1 Å². The zero-order valence-electron chi connectivity index (χ0n) is 10.9. The van der Waals surface area contributed by atoms with E-state index in [1.165, 1.54) is 0 Å². The Morgan fingerprint density at radius 2 is 2.26 bits per heavy atom. The molecule has 5 nitrogen and oxygen atoms in total. The average Bonchev–Trinajstić information content (AvgIpc) is 2.46. The summed E-state index contributed by atoms with van der Waals surface area (Å²) in [4.78, 5) is 8.48. The van der Waals surface area contributed by atoms with E-state index >= 15 is 0 Å². The van der Waals surface area contributed by atoms with E-state index in [-0.39, 0.29) is 6.04 Å². The van der Waals surface area contributed by atoms with Crippen molar-refractivity contribution in [1.82, 2.24) is 15.4 Å². The summed E-state index contributed by atoms with van der Waals surface area (Å²) in [5, 5.41) is 0. The van der Waals surface area contributed by atoms with Gasteiger partial charge >= 0.3 is 0 Å². The van der Waals surface area contributed by atoms with Crippen molar-refractivity contribution in [2.75, 3.05) is 6.61 Å². The number of nitrogens with two attached hydrogens (primary N) is 1. The lowest BCUT2D eigenvalue weighted by Gasteiger charge is -2.16. The zero-order valence-corrected chi connectivity index (χ0v) is 10.9. The number of hydrogen-bond donors (Lipinski definition) is 2. The molecule has 0 aliphatic rings. The molecule has 0 radical (unpaired) electrons. The number of nitrogens with one attached hydrogen (secondary N) is 1. The molecule has 2 rings (SSSR count). The summed E-state index contributed by atoms with van der Waals surface area (Å²) in [6.07, 6.45) is 5.96. The van der Waals surface area contributed by atoms with Crippen LogP contribution in [-0.2, 0) is 6.42 Å². The highest BCUT2D eigenvalue weighted by Gasteiger charge is 2.12. The van der Waals surface area contributed by atoms with Crippen LogP contribution in [0.25, 0.3) is 0 Å². The van der Waals surface area contributed by atoms with E-state index in [9.17, 15) is 0 Å². The minimum absolute atomic E-state index is 0.0391. The van der Waals surface area contributed by atoms with Crippen LogP contribution < -0.4 is 16.0 Å². The number of nitrogens with zero attached hydrogens (tertiary/aromatic N) is 2. The fraction of sp³-hybridized carbons (Fsp3) is 0.286. The molecule has 0 amide bonds. The Morgan fingerprint density at radius 1 is 1.37 bits per heavy atom. The predicted molar refractivity (Wildman–Crippen MR) is 73.4 cm³/mol. The highest BCUT2D eigenvalue weighted by atomic mass is 16.5. The lowest BCUT2D eigenvalue weighted by molar-refractivity contribution is 0.337. The molecule has 0 aliphatic carbocycles. The molecule has 0 spiro atoms. The van der Waals surface area contributed by atoms with Crippen LogP contribution >= 0.6 is 0 Å². The molecule has 3 N–H and O–H groups in total. The lowest BCUT2D eigenvalue weighted by atomic mass is 10.0. The van der Waals surface area contributed by atoms with E-state index in [2.05, 4.69) is 15.4 Å². The summed E-state index contributed by atoms with van der Waals surface area (Å²) < 4.78 is 5.44. The molecule has 2 aromatic rings. The second kappa shape index (κ2) is 6.82. The van der Waals surface area contributed by atoms with Crippen LogP contribution in [0.3, 0.4) is 0 Å². The van der Waals surface area contributed by atoms with E-state index in [0.717, 1.165) is 17.0 Å². The second-order valence-electron chi connectivity index (χ2n) is 4.13. The summed E-state index contributed by atoms with van der Waals surface area (Å²) in [7, 11) is 0. The van der Waals surface area contributed by atoms with Gasteiger partial charge in [0, 0.05) is 24.5 Å². The van der Waals surface area contributed by atoms with Crippen LogP contribution in [0.5, 0.6) is 5.75 Å². The van der Waals surface area contributed by atoms with E-state index < -0.39 is 0 Å². The molecule has 2 heterocycles. The Hall–Kier alpha value is -1.98. The average molecular weight is 258 g/mol. The van der Waals surface area contributed by atoms with Gasteiger partial charge in [0.15, 0.2) is 0 Å². The Bertz CT molecular complexity index is 504. The number of pyridine rings is 2. The van der Waals surface area contributed by atoms with E-state index in [1.807, 2.05) is 31.2 Å². The van der Waals surface area contributed by atoms with Crippen LogP contribution in [0, 0.1) is 0 Å². The molecule has 0 bridgehead atoms. The molecule has 2 aromatic heterocycles. The standard InChI is InChI=1S/C14H18N4O/c1-2-19-13-7-11(9-16-10-13)14(18-15)8-12-5-3-4-6-17-12/h3-7,9-10,14,18H,2,8,15H2,1H3. The number of aromatic nitrogens is 2. The fourth-order valence-corrected chi connectivity index (χ4v) is 1.87. The second-order valence-corrected chi connectivity index (χ2v) is 4.13. The Balaban J connectivity index is 2.15. The van der Waals surface area contributed by atoms with Gasteiger partial charge in [-0.2, -0.15) is 0 Å². The number of hydrogen-bond acceptors (Lipinski definition) is 5. The number of ether oxygens (including phenoxy) is 1. The highest BCUT2D eigenvalue weighted by molar-refractivity contribution is 5.27. The molecule has 1 atom stereocenters. The van der Waals surface area contributed by atoms with Gasteiger partial charge in [0.05, 0.1) is 18.8 Å². The smallest absolute Gasteiger partial charge is 0.137 e. The molecular weight excluding hydrogens is 240 g/mol. The Kier molecular flexibility index (Phi) is 4.83. The van der Waals surface area contributed by atoms with Crippen LogP contribution in [0.4, 0.5) is 0 Å². The van der Waals surface area contributed by atoms with Gasteiger partial charge in [-0.3, -0.25) is 21.2 Å². The van der Waals surface area contributed by atoms with Crippen molar-refractivity contribution >= 4 is 0 Å². The molecular formula is C14H18N4O. The van der Waals surface area contributed by atoms with Crippen LogP contribution in [0.2, 0.25) is 0 Å². The maximum atomic E-state index is 5.63. The third-order valence-electron chi connectivity index (χ3n) is 2.79. The molecule has 100 valence electrons. The van der Waals surface area contributed by atoms with Gasteiger partial charge in [0.2, 0.25) is 0 Å². The normalized spacial score (nSPS) is 12.1. The van der Waals surface area contributed by atoms with Gasteiger partial charge in [0.25, 0.3) is 0 Å². The minimum Gasteiger partial charge on any atom is -0.492 e. The quantitative estimate of drug-likeness (QED) is 0.608. The molecule has 0 aliphatic heterocycles. The Labute approximate surface area is 112 Å². The summed E-state index contributed by atoms with van der Waals surface area (Å²) in [6.45, 7) is 2.56. The summed E-state index contributed by atoms with van der Waals surface area (Å²) in [6, 6.07) is 7.74. The van der Waals surface area contributed by atoms with Crippen LogP contribution in [0.1, 0.15) is 24.2 Å². The molecule has 0 fully saturated rings. The molecule has 0 aromatic carbocycles. The number of hydrazine groups is 1. The predicted octanol–water partition coefficient (Wildman–Crippen LogP) is 1.62. The lowest BCUT2D eigenvalue weighted by Crippen LogP contribution is -2.29. The number of rotatable bonds is 6. The van der Waals surface area contributed by atoms with Gasteiger partial charge in [-0.25, -0.2) is 0 Å². The Morgan fingerprint density at radius 3 is 2.95 bits per heavy atom. The van der Waals surface area contributed by atoms with Gasteiger partial charge in [-0.05, 0) is 30.7 Å². The maximum Gasteiger partial charge on any atom is 0.137 e. The molecule has 19 heavy (non-hydrogen) atoms. The molecule has 1 unspecified atom stereocenters. The zero-order chi connectivity index (χ0) is 13.5. The molecule has 0 saturated heterocycles. The van der Waals surface area contributed by atoms with Crippen LogP contribution in [0.15, 0.2) is 42.9 Å². The third kappa shape index (κ3) is 3.74. The van der Waals surface area contributed by atoms with Crippen LogP contribution in [-0.4, -0.2) is 16.6 Å². The highest BCUT2D eigenvalue weighted by Crippen LogP contribution is 2.20. The van der Waals surface area contributed by atoms with Crippen molar-refractivity contribution in [3.8, 4) is 5.75 Å². The first-order chi connectivity index (χ1) is 9.33. The first-order valence-electron chi connectivity index (χ1n) is 6.27. The van der Waals surface area contributed by atoms with Gasteiger partial charge in [-0.1, -0.05) is 6.07 Å². The van der Waals surface area contributed by atoms with E-state index in [1.54, 1.807) is 18.6 Å². The van der Waals surface area contributed by atoms with E-state index in [4.69, 9.17) is 10.6 Å². The minimum atomic E-state index is -0.0391. The van der Waals surface area contributed by atoms with Gasteiger partial charge in [0.1, 0.15) is 5.75 Å². The van der Waals surface area contributed by atoms with Crippen molar-refractivity contribution in [3.63, 3.8) is 0 Å². The van der Waals surface area contributed by atoms with Crippen molar-refractivity contribution in [3.05, 3.63) is 54.1 Å². The monoisotopic (exact) mass is 258 g/mol. The van der Waals surface area contributed by atoms with Gasteiger partial charge < -0.3 is 4.74 Å². The molecule has 0 saturated carbocycles. The van der Waals surface area contributed by atoms with Crippen molar-refractivity contribution < 1.29 is 4.74 Å². The van der Waals surface area contributed by atoms with Crippen molar-refractivity contribution in [1.29, 1.82) is 0 Å². The fourth-order valence-electron chi connectivity index (χ4n) is 1.87. The van der Waals surface area contributed by atoms with E-state index in [0.29, 0.717) is 13.0 Å². The SMILES string of the molecule is CCOc1cncc(C(Cc2ccccn2)NN)c1.